The van der Waals surface area contributed by atoms with Crippen LogP contribution in [-0.4, -0.2) is 19.1 Å². The zero-order chi connectivity index (χ0) is 13.7. The first-order valence-corrected chi connectivity index (χ1v) is 6.55. The summed E-state index contributed by atoms with van der Waals surface area (Å²) in [6.07, 6.45) is 4.50. The van der Waals surface area contributed by atoms with Crippen LogP contribution in [0.3, 0.4) is 0 Å². The summed E-state index contributed by atoms with van der Waals surface area (Å²) in [5.74, 6) is 1.82. The van der Waals surface area contributed by atoms with Crippen LogP contribution in [0.2, 0.25) is 0 Å². The minimum Gasteiger partial charge on any atom is -0.496 e. The number of rotatable bonds is 6. The molecule has 0 fully saturated rings. The van der Waals surface area contributed by atoms with Gasteiger partial charge in [-0.15, -0.1) is 0 Å². The average molecular weight is 260 g/mol. The lowest BCUT2D eigenvalue weighted by atomic mass is 10.0. The molecule has 102 valence electrons. The lowest BCUT2D eigenvalue weighted by molar-refractivity contribution is 0.408. The molecule has 1 N–H and O–H groups in total. The van der Waals surface area contributed by atoms with Crippen molar-refractivity contribution in [2.24, 2.45) is 0 Å². The molecule has 0 spiro atoms. The number of hydrogen-bond acceptors (Lipinski definition) is 4. The quantitative estimate of drug-likeness (QED) is 0.867. The Hall–Kier alpha value is -1.97. The fourth-order valence-electron chi connectivity index (χ4n) is 2.04. The minimum atomic E-state index is 0.560. The van der Waals surface area contributed by atoms with Gasteiger partial charge in [-0.2, -0.15) is 0 Å². The SMILES string of the molecule is CCc1ccc(OC)c(CCc2cnc(NC)o2)c1. The molecule has 2 aromatic rings. The smallest absolute Gasteiger partial charge is 0.294 e. The van der Waals surface area contributed by atoms with Gasteiger partial charge in [0.25, 0.3) is 6.01 Å². The van der Waals surface area contributed by atoms with Crippen molar-refractivity contribution in [3.05, 3.63) is 41.3 Å². The Morgan fingerprint density at radius 3 is 2.79 bits per heavy atom. The third-order valence-corrected chi connectivity index (χ3v) is 3.16. The molecule has 0 atom stereocenters. The van der Waals surface area contributed by atoms with E-state index in [9.17, 15) is 0 Å². The number of nitrogens with one attached hydrogen (secondary N) is 1. The van der Waals surface area contributed by atoms with Gasteiger partial charge < -0.3 is 14.5 Å². The first kappa shape index (κ1) is 13.5. The van der Waals surface area contributed by atoms with E-state index in [1.807, 2.05) is 6.07 Å². The lowest BCUT2D eigenvalue weighted by Gasteiger charge is -2.09. The molecule has 0 bridgehead atoms. The molecule has 2 rings (SSSR count). The van der Waals surface area contributed by atoms with Gasteiger partial charge in [-0.3, -0.25) is 0 Å². The Morgan fingerprint density at radius 2 is 2.16 bits per heavy atom. The van der Waals surface area contributed by atoms with E-state index < -0.39 is 0 Å². The van der Waals surface area contributed by atoms with E-state index in [1.54, 1.807) is 20.4 Å². The zero-order valence-corrected chi connectivity index (χ0v) is 11.7. The largest absolute Gasteiger partial charge is 0.496 e. The highest BCUT2D eigenvalue weighted by Crippen LogP contribution is 2.22. The number of nitrogens with zero attached hydrogens (tertiary/aromatic N) is 1. The van der Waals surface area contributed by atoms with E-state index in [0.29, 0.717) is 6.01 Å². The lowest BCUT2D eigenvalue weighted by Crippen LogP contribution is -1.96. The number of methoxy groups -OCH3 is 1. The minimum absolute atomic E-state index is 0.560. The average Bonchev–Trinajstić information content (AvgIpc) is 2.92. The van der Waals surface area contributed by atoms with Crippen molar-refractivity contribution in [2.45, 2.75) is 26.2 Å². The Bertz CT molecular complexity index is 535. The maximum atomic E-state index is 5.52. The van der Waals surface area contributed by atoms with E-state index >= 15 is 0 Å². The van der Waals surface area contributed by atoms with Crippen LogP contribution in [-0.2, 0) is 19.3 Å². The van der Waals surface area contributed by atoms with E-state index in [0.717, 1.165) is 30.8 Å². The fraction of sp³-hybridized carbons (Fsp3) is 0.400. The van der Waals surface area contributed by atoms with Gasteiger partial charge in [0.15, 0.2) is 0 Å². The van der Waals surface area contributed by atoms with Crippen molar-refractivity contribution >= 4 is 6.01 Å². The van der Waals surface area contributed by atoms with Crippen LogP contribution in [0.1, 0.15) is 23.8 Å². The number of benzene rings is 1. The summed E-state index contributed by atoms with van der Waals surface area (Å²) in [6.45, 7) is 2.15. The predicted molar refractivity (Wildman–Crippen MR) is 75.8 cm³/mol. The van der Waals surface area contributed by atoms with E-state index in [-0.39, 0.29) is 0 Å². The monoisotopic (exact) mass is 260 g/mol. The van der Waals surface area contributed by atoms with Crippen molar-refractivity contribution in [1.29, 1.82) is 0 Å². The van der Waals surface area contributed by atoms with Gasteiger partial charge in [0.1, 0.15) is 11.5 Å². The van der Waals surface area contributed by atoms with Crippen molar-refractivity contribution in [3.63, 3.8) is 0 Å². The number of oxazole rings is 1. The molecule has 0 aliphatic rings. The van der Waals surface area contributed by atoms with Gasteiger partial charge in [0.2, 0.25) is 0 Å². The third-order valence-electron chi connectivity index (χ3n) is 3.16. The van der Waals surface area contributed by atoms with Crippen molar-refractivity contribution in [2.75, 3.05) is 19.5 Å². The van der Waals surface area contributed by atoms with Crippen LogP contribution in [0.5, 0.6) is 5.75 Å². The van der Waals surface area contributed by atoms with Crippen LogP contribution in [0.25, 0.3) is 0 Å². The number of aryl methyl sites for hydroxylation is 3. The molecule has 0 unspecified atom stereocenters. The van der Waals surface area contributed by atoms with Crippen molar-refractivity contribution in [1.82, 2.24) is 4.98 Å². The zero-order valence-electron chi connectivity index (χ0n) is 11.7. The first-order chi connectivity index (χ1) is 9.26. The molecule has 0 radical (unpaired) electrons. The van der Waals surface area contributed by atoms with E-state index in [1.165, 1.54) is 11.1 Å². The summed E-state index contributed by atoms with van der Waals surface area (Å²) in [5.41, 5.74) is 2.54. The standard InChI is InChI=1S/C15H20N2O2/c1-4-11-5-8-14(18-3)12(9-11)6-7-13-10-17-15(16-2)19-13/h5,8-10H,4,6-7H2,1-3H3,(H,16,17). The molecule has 19 heavy (non-hydrogen) atoms. The molecule has 4 nitrogen and oxygen atoms in total. The molecule has 4 heteroatoms. The molecule has 0 saturated carbocycles. The number of anilines is 1. The maximum absolute atomic E-state index is 5.52. The van der Waals surface area contributed by atoms with Crippen molar-refractivity contribution in [3.8, 4) is 5.75 Å². The highest BCUT2D eigenvalue weighted by Gasteiger charge is 2.07. The van der Waals surface area contributed by atoms with Gasteiger partial charge >= 0.3 is 0 Å². The van der Waals surface area contributed by atoms with Crippen LogP contribution in [0, 0.1) is 0 Å². The third kappa shape index (κ3) is 3.28. The van der Waals surface area contributed by atoms with E-state index in [2.05, 4.69) is 29.4 Å². The summed E-state index contributed by atoms with van der Waals surface area (Å²) in [4.78, 5) is 4.11. The molecule has 1 heterocycles. The second kappa shape index (κ2) is 6.27. The molecule has 0 aliphatic carbocycles. The molecule has 0 saturated heterocycles. The van der Waals surface area contributed by atoms with Gasteiger partial charge in [0.05, 0.1) is 13.3 Å². The number of hydrogen-bond donors (Lipinski definition) is 1. The van der Waals surface area contributed by atoms with Crippen molar-refractivity contribution < 1.29 is 9.15 Å². The summed E-state index contributed by atoms with van der Waals surface area (Å²) in [5, 5.41) is 2.88. The van der Waals surface area contributed by atoms with Crippen LogP contribution in [0.15, 0.2) is 28.8 Å². The Kier molecular flexibility index (Phi) is 4.44. The van der Waals surface area contributed by atoms with Crippen LogP contribution < -0.4 is 10.1 Å². The molecular formula is C15H20N2O2. The first-order valence-electron chi connectivity index (χ1n) is 6.55. The number of aromatic nitrogens is 1. The maximum Gasteiger partial charge on any atom is 0.294 e. The molecule has 1 aromatic heterocycles. The number of ether oxygens (including phenoxy) is 1. The Balaban J connectivity index is 2.09. The summed E-state index contributed by atoms with van der Waals surface area (Å²) in [7, 11) is 3.50. The summed E-state index contributed by atoms with van der Waals surface area (Å²) in [6, 6.07) is 6.90. The van der Waals surface area contributed by atoms with Crippen LogP contribution in [0.4, 0.5) is 6.01 Å². The molecule has 0 aliphatic heterocycles. The van der Waals surface area contributed by atoms with Crippen LogP contribution >= 0.6 is 0 Å². The van der Waals surface area contributed by atoms with E-state index in [4.69, 9.17) is 9.15 Å². The molecular weight excluding hydrogens is 240 g/mol. The van der Waals surface area contributed by atoms with Gasteiger partial charge in [0, 0.05) is 13.5 Å². The topological polar surface area (TPSA) is 47.3 Å². The van der Waals surface area contributed by atoms with Gasteiger partial charge in [-0.1, -0.05) is 19.1 Å². The second-order valence-corrected chi connectivity index (χ2v) is 4.38. The Labute approximate surface area is 113 Å². The molecule has 1 aromatic carbocycles. The molecule has 0 amide bonds. The normalized spacial score (nSPS) is 10.5. The second-order valence-electron chi connectivity index (χ2n) is 4.38. The van der Waals surface area contributed by atoms with Gasteiger partial charge in [-0.25, -0.2) is 4.98 Å². The predicted octanol–water partition coefficient (Wildman–Crippen LogP) is 3.07. The summed E-state index contributed by atoms with van der Waals surface area (Å²) >= 11 is 0. The Morgan fingerprint density at radius 1 is 1.32 bits per heavy atom. The summed E-state index contributed by atoms with van der Waals surface area (Å²) < 4.78 is 10.9. The highest BCUT2D eigenvalue weighted by atomic mass is 16.5. The van der Waals surface area contributed by atoms with Gasteiger partial charge in [-0.05, 0) is 30.0 Å². The highest BCUT2D eigenvalue weighted by molar-refractivity contribution is 5.37. The fourth-order valence-corrected chi connectivity index (χ4v) is 2.04.